The van der Waals surface area contributed by atoms with Gasteiger partial charge in [0.25, 0.3) is 0 Å². The predicted molar refractivity (Wildman–Crippen MR) is 214 cm³/mol. The fourth-order valence-electron chi connectivity index (χ4n) is 7.73. The predicted octanol–water partition coefficient (Wildman–Crippen LogP) is 8.30. The summed E-state index contributed by atoms with van der Waals surface area (Å²) in [4.78, 5) is 0. The molecule has 13 nitrogen and oxygen atoms in total. The Labute approximate surface area is 316 Å². The summed E-state index contributed by atoms with van der Waals surface area (Å²) < 4.78 is 6.16. The van der Waals surface area contributed by atoms with Crippen LogP contribution in [0, 0.1) is 0 Å². The van der Waals surface area contributed by atoms with Crippen LogP contribution in [0.4, 0.5) is 0 Å². The number of hydrogen-bond acceptors (Lipinski definition) is 13. The third-order valence-electron chi connectivity index (χ3n) is 10.3. The first kappa shape index (κ1) is 35.3. The number of rotatable bonds is 4. The van der Waals surface area contributed by atoms with Gasteiger partial charge in [-0.25, -0.2) is 0 Å². The Balaban J connectivity index is 1.53. The van der Waals surface area contributed by atoms with Crippen LogP contribution in [-0.4, -0.2) is 69.1 Å². The molecule has 0 aliphatic heterocycles. The maximum atomic E-state index is 11.5. The normalized spacial score (nSPS) is 13.5. The zero-order valence-corrected chi connectivity index (χ0v) is 29.4. The van der Waals surface area contributed by atoms with Gasteiger partial charge in [0.1, 0.15) is 19.2 Å². The number of aliphatic hydroxyl groups excluding tert-OH is 3. The summed E-state index contributed by atoms with van der Waals surface area (Å²) in [5.41, 5.74) is 1.92. The van der Waals surface area contributed by atoms with Crippen LogP contribution in [-0.2, 0) is 0 Å². The number of phenols is 9. The molecule has 1 heterocycles. The van der Waals surface area contributed by atoms with Crippen LogP contribution in [0.1, 0.15) is 35.6 Å². The summed E-state index contributed by atoms with van der Waals surface area (Å²) >= 11 is 0. The lowest BCUT2D eigenvalue weighted by Crippen LogP contribution is -1.98. The van der Waals surface area contributed by atoms with Gasteiger partial charge in [0.2, 0.25) is 17.2 Å². The Morgan fingerprint density at radius 2 is 1.16 bits per heavy atom. The summed E-state index contributed by atoms with van der Waals surface area (Å²) in [6, 6.07) is 12.0. The summed E-state index contributed by atoms with van der Waals surface area (Å²) in [5, 5.41) is 130. The number of hydrogen-bond donors (Lipinski definition) is 12. The van der Waals surface area contributed by atoms with Crippen molar-refractivity contribution in [2.75, 3.05) is 0 Å². The van der Waals surface area contributed by atoms with Crippen molar-refractivity contribution in [1.29, 1.82) is 0 Å². The smallest absolute Gasteiger partial charge is 0.205 e. The Bertz CT molecular complexity index is 3030. The van der Waals surface area contributed by atoms with Gasteiger partial charge >= 0.3 is 0 Å². The second-order valence-corrected chi connectivity index (χ2v) is 13.4. The lowest BCUT2D eigenvalue weighted by molar-refractivity contribution is 0.347. The minimum Gasteiger partial charge on any atom is -0.516 e. The van der Waals surface area contributed by atoms with Crippen LogP contribution < -0.4 is 0 Å². The topological polar surface area (TPSA) is 256 Å². The van der Waals surface area contributed by atoms with Crippen molar-refractivity contribution in [2.24, 2.45) is 0 Å². The van der Waals surface area contributed by atoms with Gasteiger partial charge in [-0.15, -0.1) is 0 Å². The number of aliphatic hydroxyl groups is 3. The summed E-state index contributed by atoms with van der Waals surface area (Å²) in [7, 11) is 1.42. The summed E-state index contributed by atoms with van der Waals surface area (Å²) in [5.74, 6) is -9.84. The van der Waals surface area contributed by atoms with E-state index in [0.717, 1.165) is 0 Å². The minimum absolute atomic E-state index is 0.00611. The van der Waals surface area contributed by atoms with Gasteiger partial charge in [0.15, 0.2) is 45.8 Å². The maximum Gasteiger partial charge on any atom is 0.205 e. The van der Waals surface area contributed by atoms with Gasteiger partial charge in [0, 0.05) is 27.5 Å². The molecule has 280 valence electrons. The second-order valence-electron chi connectivity index (χ2n) is 13.4. The molecule has 0 amide bonds. The number of allylic oxidation sites excluding steroid dienone is 3. The maximum absolute atomic E-state index is 11.5. The molecule has 1 aliphatic rings. The first-order valence-corrected chi connectivity index (χ1v) is 17.0. The van der Waals surface area contributed by atoms with E-state index < -0.39 is 74.0 Å². The van der Waals surface area contributed by atoms with E-state index in [9.17, 15) is 61.3 Å². The molecular formula is C42H31BO13. The van der Waals surface area contributed by atoms with Crippen molar-refractivity contribution < 1.29 is 65.7 Å². The first-order valence-electron chi connectivity index (χ1n) is 17.0. The molecule has 0 bridgehead atoms. The van der Waals surface area contributed by atoms with Crippen LogP contribution in [0.5, 0.6) is 51.7 Å². The van der Waals surface area contributed by atoms with Crippen molar-refractivity contribution >= 4 is 74.7 Å². The van der Waals surface area contributed by atoms with Crippen LogP contribution in [0.2, 0.25) is 0 Å². The molecular weight excluding hydrogens is 723 g/mol. The van der Waals surface area contributed by atoms with Crippen molar-refractivity contribution in [2.45, 2.75) is 13.3 Å². The SMILES string of the molecule is B/C(=C\O)c1c(O)c(O)c2c(oc3ccc(-c4c5c(c(-c6c(O)c(O)c(O)c7c(O)c(O)c(O)c(O)c67)c6ccccc46)C=CCC=C5)cc32)c1/C(O)=C(\C)O. The molecule has 0 unspecified atom stereocenters. The van der Waals surface area contributed by atoms with Crippen LogP contribution in [0.3, 0.4) is 0 Å². The number of phenolic OH excluding ortho intramolecular Hbond substituents is 9. The highest BCUT2D eigenvalue weighted by Gasteiger charge is 2.33. The molecule has 1 aliphatic carbocycles. The molecule has 0 atom stereocenters. The fraction of sp³-hybridized carbons (Fsp3) is 0.0476. The van der Waals surface area contributed by atoms with Crippen molar-refractivity contribution in [1.82, 2.24) is 0 Å². The number of fused-ring (bicyclic) bond motifs is 6. The van der Waals surface area contributed by atoms with E-state index in [1.165, 1.54) is 14.8 Å². The van der Waals surface area contributed by atoms with Crippen LogP contribution >= 0.6 is 0 Å². The molecule has 0 spiro atoms. The molecule has 1 aromatic heterocycles. The zero-order chi connectivity index (χ0) is 40.1. The zero-order valence-electron chi connectivity index (χ0n) is 29.4. The third-order valence-corrected chi connectivity index (χ3v) is 10.3. The fourth-order valence-corrected chi connectivity index (χ4v) is 7.73. The van der Waals surface area contributed by atoms with Gasteiger partial charge in [-0.3, -0.25) is 0 Å². The van der Waals surface area contributed by atoms with E-state index in [2.05, 4.69) is 0 Å². The van der Waals surface area contributed by atoms with Crippen molar-refractivity contribution in [3.8, 4) is 74.0 Å². The molecule has 56 heavy (non-hydrogen) atoms. The molecule has 8 rings (SSSR count). The van der Waals surface area contributed by atoms with E-state index in [1.807, 2.05) is 18.2 Å². The van der Waals surface area contributed by atoms with Gasteiger partial charge in [-0.1, -0.05) is 54.6 Å². The molecule has 14 heteroatoms. The van der Waals surface area contributed by atoms with Gasteiger partial charge in [0.05, 0.1) is 22.6 Å². The van der Waals surface area contributed by atoms with Crippen molar-refractivity contribution in [3.05, 3.63) is 88.9 Å². The average molecular weight is 755 g/mol. The molecule has 0 fully saturated rings. The lowest BCUT2D eigenvalue weighted by Gasteiger charge is -2.23. The van der Waals surface area contributed by atoms with Gasteiger partial charge < -0.3 is 65.7 Å². The standard InChI is InChI=1S/C42H31BO13/c1-15(45)32(46)31-27(22(43)14-44)34(48)33(47)26-21-13-16(11-12-23(21)56-42(26)31)24-17-7-3-2-4-8-19(17)25(20-10-6-5-9-18(20)24)28-29-30(37(51)39(53)35(28)49)38(52)41(55)40(54)36(29)50/h3-14,44-55H,2,43H2,1H3/b22-14-,32-15-. The van der Waals surface area contributed by atoms with Gasteiger partial charge in [-0.05, 0) is 64.0 Å². The second kappa shape index (κ2) is 12.4. The quantitative estimate of drug-likeness (QED) is 0.0350. The number of benzene rings is 6. The minimum atomic E-state index is -1.16. The van der Waals surface area contributed by atoms with E-state index >= 15 is 0 Å². The van der Waals surface area contributed by atoms with Crippen LogP contribution in [0.15, 0.2) is 71.1 Å². The summed E-state index contributed by atoms with van der Waals surface area (Å²) in [6.07, 6.45) is 8.40. The third kappa shape index (κ3) is 4.68. The number of furan rings is 1. The molecule has 0 saturated heterocycles. The molecule has 0 radical (unpaired) electrons. The monoisotopic (exact) mass is 754 g/mol. The highest BCUT2D eigenvalue weighted by molar-refractivity contribution is 6.43. The highest BCUT2D eigenvalue weighted by atomic mass is 16.4. The Hall–Kier alpha value is -7.74. The molecule has 12 N–H and O–H groups in total. The van der Waals surface area contributed by atoms with E-state index in [1.54, 1.807) is 48.5 Å². The average Bonchev–Trinajstić information content (AvgIpc) is 3.40. The Morgan fingerprint density at radius 1 is 0.607 bits per heavy atom. The van der Waals surface area contributed by atoms with Gasteiger partial charge in [-0.2, -0.15) is 0 Å². The Kier molecular flexibility index (Phi) is 7.83. The largest absolute Gasteiger partial charge is 0.516 e. The lowest BCUT2D eigenvalue weighted by atomic mass is 9.81. The van der Waals surface area contributed by atoms with Crippen LogP contribution in [0.25, 0.3) is 89.1 Å². The van der Waals surface area contributed by atoms with E-state index in [-0.39, 0.29) is 44.3 Å². The molecule has 6 aromatic carbocycles. The van der Waals surface area contributed by atoms with E-state index in [4.69, 9.17) is 4.42 Å². The molecule has 0 saturated carbocycles. The highest BCUT2D eigenvalue weighted by Crippen LogP contribution is 2.61. The Morgan fingerprint density at radius 3 is 1.77 bits per heavy atom. The van der Waals surface area contributed by atoms with Crippen molar-refractivity contribution in [3.63, 3.8) is 0 Å². The molecule has 7 aromatic rings. The van der Waals surface area contributed by atoms with E-state index in [0.29, 0.717) is 51.1 Å². The first-order chi connectivity index (χ1) is 26.7. The number of aromatic hydroxyl groups is 9. The summed E-state index contributed by atoms with van der Waals surface area (Å²) in [6.45, 7) is 1.22.